The maximum atomic E-state index is 5.75. The van der Waals surface area contributed by atoms with E-state index in [9.17, 15) is 0 Å². The van der Waals surface area contributed by atoms with Crippen LogP contribution in [0.2, 0.25) is 0 Å². The van der Waals surface area contributed by atoms with E-state index in [1.807, 2.05) is 20.0 Å². The van der Waals surface area contributed by atoms with Crippen LogP contribution in [0.25, 0.3) is 5.82 Å². The smallest absolute Gasteiger partial charge is 0.180 e. The standard InChI is InChI=1S/C10H12IN5/c1-6-7(2)14-15-10(9(6)3-12)16-5-8(11)4-13-16/h4-5H,3,12H2,1-2H3. The van der Waals surface area contributed by atoms with Gasteiger partial charge in [-0.1, -0.05) is 0 Å². The van der Waals surface area contributed by atoms with Gasteiger partial charge in [0.1, 0.15) is 0 Å². The van der Waals surface area contributed by atoms with Gasteiger partial charge in [-0.2, -0.15) is 10.2 Å². The molecular weight excluding hydrogens is 317 g/mol. The number of rotatable bonds is 2. The second-order valence-electron chi connectivity index (χ2n) is 3.52. The summed E-state index contributed by atoms with van der Waals surface area (Å²) < 4.78 is 2.77. The topological polar surface area (TPSA) is 69.6 Å². The molecule has 16 heavy (non-hydrogen) atoms. The zero-order valence-electron chi connectivity index (χ0n) is 9.11. The molecule has 0 aliphatic rings. The number of aryl methyl sites for hydroxylation is 1. The lowest BCUT2D eigenvalue weighted by Gasteiger charge is -2.10. The lowest BCUT2D eigenvalue weighted by atomic mass is 10.1. The molecule has 0 unspecified atom stereocenters. The molecule has 0 radical (unpaired) electrons. The Balaban J connectivity index is 2.61. The van der Waals surface area contributed by atoms with Gasteiger partial charge in [0.05, 0.1) is 15.5 Å². The number of aromatic nitrogens is 4. The van der Waals surface area contributed by atoms with E-state index in [1.165, 1.54) is 0 Å². The van der Waals surface area contributed by atoms with E-state index >= 15 is 0 Å². The third-order valence-corrected chi connectivity index (χ3v) is 3.09. The van der Waals surface area contributed by atoms with E-state index in [0.29, 0.717) is 12.4 Å². The first-order chi connectivity index (χ1) is 7.63. The van der Waals surface area contributed by atoms with Crippen LogP contribution in [0.1, 0.15) is 16.8 Å². The van der Waals surface area contributed by atoms with Crippen LogP contribution >= 0.6 is 22.6 Å². The third-order valence-electron chi connectivity index (χ3n) is 2.53. The molecule has 0 saturated carbocycles. The molecule has 0 aliphatic heterocycles. The molecule has 0 spiro atoms. The van der Waals surface area contributed by atoms with Crippen molar-refractivity contribution in [3.05, 3.63) is 32.8 Å². The highest BCUT2D eigenvalue weighted by atomic mass is 127. The third kappa shape index (κ3) is 1.94. The average molecular weight is 329 g/mol. The fourth-order valence-electron chi connectivity index (χ4n) is 1.49. The minimum atomic E-state index is 0.438. The van der Waals surface area contributed by atoms with Crippen molar-refractivity contribution >= 4 is 22.6 Å². The summed E-state index contributed by atoms with van der Waals surface area (Å²) in [6.07, 6.45) is 3.68. The SMILES string of the molecule is Cc1nnc(-n2cc(I)cn2)c(CN)c1C. The summed E-state index contributed by atoms with van der Waals surface area (Å²) in [4.78, 5) is 0. The van der Waals surface area contributed by atoms with E-state index in [0.717, 1.165) is 20.4 Å². The highest BCUT2D eigenvalue weighted by molar-refractivity contribution is 14.1. The van der Waals surface area contributed by atoms with Gasteiger partial charge in [-0.15, -0.1) is 5.10 Å². The minimum Gasteiger partial charge on any atom is -0.326 e. The molecule has 2 aromatic heterocycles. The van der Waals surface area contributed by atoms with Crippen molar-refractivity contribution in [2.75, 3.05) is 0 Å². The Bertz CT molecular complexity index is 520. The second-order valence-corrected chi connectivity index (χ2v) is 4.77. The van der Waals surface area contributed by atoms with Gasteiger partial charge >= 0.3 is 0 Å². The van der Waals surface area contributed by atoms with Crippen molar-refractivity contribution in [2.24, 2.45) is 5.73 Å². The Kier molecular flexibility index (Phi) is 3.20. The molecule has 2 aromatic rings. The molecule has 2 N–H and O–H groups in total. The molecular formula is C10H12IN5. The molecule has 0 atom stereocenters. The van der Waals surface area contributed by atoms with E-state index in [-0.39, 0.29) is 0 Å². The Morgan fingerprint density at radius 1 is 1.38 bits per heavy atom. The van der Waals surface area contributed by atoms with Gasteiger partial charge in [0.15, 0.2) is 5.82 Å². The first-order valence-electron chi connectivity index (χ1n) is 4.87. The normalized spacial score (nSPS) is 10.8. The first kappa shape index (κ1) is 11.5. The molecule has 5 nitrogen and oxygen atoms in total. The molecule has 84 valence electrons. The summed E-state index contributed by atoms with van der Waals surface area (Å²) >= 11 is 2.20. The Hall–Kier alpha value is -1.02. The summed E-state index contributed by atoms with van der Waals surface area (Å²) in [6.45, 7) is 4.37. The highest BCUT2D eigenvalue weighted by Crippen LogP contribution is 2.17. The fraction of sp³-hybridized carbons (Fsp3) is 0.300. The zero-order valence-corrected chi connectivity index (χ0v) is 11.3. The Labute approximate surface area is 107 Å². The van der Waals surface area contributed by atoms with Crippen LogP contribution in [-0.2, 0) is 6.54 Å². The van der Waals surface area contributed by atoms with Gasteiger partial charge in [0, 0.05) is 18.3 Å². The quantitative estimate of drug-likeness (QED) is 0.845. The summed E-state index contributed by atoms with van der Waals surface area (Å²) in [5.74, 6) is 0.716. The monoisotopic (exact) mass is 329 g/mol. The minimum absolute atomic E-state index is 0.438. The van der Waals surface area contributed by atoms with Crippen LogP contribution in [0.5, 0.6) is 0 Å². The number of hydrogen-bond donors (Lipinski definition) is 1. The molecule has 0 aromatic carbocycles. The molecule has 2 rings (SSSR count). The molecule has 0 amide bonds. The van der Waals surface area contributed by atoms with Crippen molar-refractivity contribution in [2.45, 2.75) is 20.4 Å². The van der Waals surface area contributed by atoms with E-state index in [1.54, 1.807) is 10.9 Å². The van der Waals surface area contributed by atoms with E-state index in [2.05, 4.69) is 37.9 Å². The highest BCUT2D eigenvalue weighted by Gasteiger charge is 2.12. The first-order valence-corrected chi connectivity index (χ1v) is 5.94. The van der Waals surface area contributed by atoms with Gasteiger partial charge in [-0.3, -0.25) is 0 Å². The summed E-state index contributed by atoms with van der Waals surface area (Å²) in [5.41, 5.74) is 8.74. The molecule has 2 heterocycles. The van der Waals surface area contributed by atoms with E-state index in [4.69, 9.17) is 5.73 Å². The zero-order chi connectivity index (χ0) is 11.7. The molecule has 0 bridgehead atoms. The van der Waals surface area contributed by atoms with E-state index < -0.39 is 0 Å². The summed E-state index contributed by atoms with van der Waals surface area (Å²) in [5, 5.41) is 12.5. The molecule has 0 aliphatic carbocycles. The second kappa shape index (κ2) is 4.46. The number of hydrogen-bond acceptors (Lipinski definition) is 4. The number of halogens is 1. The maximum Gasteiger partial charge on any atom is 0.180 e. The van der Waals surface area contributed by atoms with Crippen LogP contribution in [0.4, 0.5) is 0 Å². The van der Waals surface area contributed by atoms with Crippen molar-refractivity contribution in [1.82, 2.24) is 20.0 Å². The van der Waals surface area contributed by atoms with Gasteiger partial charge in [-0.25, -0.2) is 4.68 Å². The Morgan fingerprint density at radius 3 is 2.69 bits per heavy atom. The summed E-state index contributed by atoms with van der Waals surface area (Å²) in [7, 11) is 0. The lowest BCUT2D eigenvalue weighted by Crippen LogP contribution is -2.12. The average Bonchev–Trinajstić information content (AvgIpc) is 2.68. The molecule has 0 saturated heterocycles. The van der Waals surface area contributed by atoms with Crippen molar-refractivity contribution < 1.29 is 0 Å². The van der Waals surface area contributed by atoms with Gasteiger partial charge in [-0.05, 0) is 42.0 Å². The van der Waals surface area contributed by atoms with Gasteiger partial charge in [0.25, 0.3) is 0 Å². The predicted octanol–water partition coefficient (Wildman–Crippen LogP) is 1.34. The van der Waals surface area contributed by atoms with Crippen molar-refractivity contribution in [1.29, 1.82) is 0 Å². The van der Waals surface area contributed by atoms with Crippen LogP contribution < -0.4 is 5.73 Å². The molecule has 0 fully saturated rings. The lowest BCUT2D eigenvalue weighted by molar-refractivity contribution is 0.775. The van der Waals surface area contributed by atoms with Crippen LogP contribution in [0.15, 0.2) is 12.4 Å². The van der Waals surface area contributed by atoms with Gasteiger partial charge in [0.2, 0.25) is 0 Å². The number of nitrogens with zero attached hydrogens (tertiary/aromatic N) is 4. The van der Waals surface area contributed by atoms with Gasteiger partial charge < -0.3 is 5.73 Å². The number of nitrogens with two attached hydrogens (primary N) is 1. The van der Waals surface area contributed by atoms with Crippen molar-refractivity contribution in [3.63, 3.8) is 0 Å². The predicted molar refractivity (Wildman–Crippen MR) is 69.2 cm³/mol. The van der Waals surface area contributed by atoms with Crippen LogP contribution in [0, 0.1) is 17.4 Å². The largest absolute Gasteiger partial charge is 0.326 e. The van der Waals surface area contributed by atoms with Crippen molar-refractivity contribution in [3.8, 4) is 5.82 Å². The Morgan fingerprint density at radius 2 is 2.12 bits per heavy atom. The fourth-order valence-corrected chi connectivity index (χ4v) is 1.88. The van der Waals surface area contributed by atoms with Crippen LogP contribution in [0.3, 0.4) is 0 Å². The molecule has 6 heteroatoms. The van der Waals surface area contributed by atoms with Crippen LogP contribution in [-0.4, -0.2) is 20.0 Å². The summed E-state index contributed by atoms with van der Waals surface area (Å²) in [6, 6.07) is 0. The maximum absolute atomic E-state index is 5.75.